The van der Waals surface area contributed by atoms with E-state index in [2.05, 4.69) is 23.9 Å². The highest BCUT2D eigenvalue weighted by Gasteiger charge is 2.14. The van der Waals surface area contributed by atoms with Gasteiger partial charge in [0.05, 0.1) is 6.61 Å². The molecule has 0 amide bonds. The van der Waals surface area contributed by atoms with Gasteiger partial charge in [-0.05, 0) is 12.8 Å². The van der Waals surface area contributed by atoms with Crippen LogP contribution in [0.15, 0.2) is 5.16 Å². The highest BCUT2D eigenvalue weighted by Crippen LogP contribution is 2.08. The molecule has 96 valence electrons. The van der Waals surface area contributed by atoms with Crippen LogP contribution in [-0.4, -0.2) is 48.8 Å². The fourth-order valence-corrected chi connectivity index (χ4v) is 1.80. The van der Waals surface area contributed by atoms with Gasteiger partial charge in [-0.3, -0.25) is 4.90 Å². The maximum absolute atomic E-state index is 8.50. The highest BCUT2D eigenvalue weighted by atomic mass is 16.5. The zero-order valence-electron chi connectivity index (χ0n) is 10.6. The molecule has 0 fully saturated rings. The number of nitrogens with zero attached hydrogens (tertiary/aromatic N) is 2. The number of amidine groups is 1. The fourth-order valence-electron chi connectivity index (χ4n) is 1.80. The van der Waals surface area contributed by atoms with Gasteiger partial charge in [0, 0.05) is 32.7 Å². The normalized spacial score (nSPS) is 12.7. The van der Waals surface area contributed by atoms with E-state index >= 15 is 0 Å². The summed E-state index contributed by atoms with van der Waals surface area (Å²) in [5.74, 6) is 0.286. The summed E-state index contributed by atoms with van der Waals surface area (Å²) in [5, 5.41) is 11.5. The Bertz CT molecular complexity index is 194. The lowest BCUT2D eigenvalue weighted by molar-refractivity contribution is 0.117. The topological polar surface area (TPSA) is 71.1 Å². The third kappa shape index (κ3) is 5.92. The van der Waals surface area contributed by atoms with E-state index in [4.69, 9.17) is 15.7 Å². The molecule has 0 atom stereocenters. The molecule has 0 aliphatic heterocycles. The summed E-state index contributed by atoms with van der Waals surface area (Å²) >= 11 is 0. The molecule has 16 heavy (non-hydrogen) atoms. The molecule has 0 aliphatic carbocycles. The van der Waals surface area contributed by atoms with Gasteiger partial charge in [0.2, 0.25) is 0 Å². The number of hydrogen-bond acceptors (Lipinski definition) is 4. The Morgan fingerprint density at radius 2 is 2.00 bits per heavy atom. The van der Waals surface area contributed by atoms with Crippen molar-refractivity contribution in [3.63, 3.8) is 0 Å². The van der Waals surface area contributed by atoms with Gasteiger partial charge in [0.25, 0.3) is 0 Å². The van der Waals surface area contributed by atoms with E-state index in [-0.39, 0.29) is 5.84 Å². The van der Waals surface area contributed by atoms with Crippen LogP contribution in [-0.2, 0) is 4.74 Å². The summed E-state index contributed by atoms with van der Waals surface area (Å²) in [5.41, 5.74) is 5.48. The third-order valence-corrected chi connectivity index (χ3v) is 2.83. The molecule has 0 saturated carbocycles. The molecule has 5 heteroatoms. The summed E-state index contributed by atoms with van der Waals surface area (Å²) in [6.07, 6.45) is 2.81. The Balaban J connectivity index is 4.18. The first-order chi connectivity index (χ1) is 7.69. The Labute approximate surface area is 98.2 Å². The van der Waals surface area contributed by atoms with Gasteiger partial charge < -0.3 is 15.7 Å². The molecule has 0 aromatic carbocycles. The molecule has 0 aliphatic rings. The van der Waals surface area contributed by atoms with Gasteiger partial charge in [0.15, 0.2) is 0 Å². The van der Waals surface area contributed by atoms with Gasteiger partial charge in [-0.25, -0.2) is 0 Å². The van der Waals surface area contributed by atoms with Gasteiger partial charge in [-0.15, -0.1) is 0 Å². The predicted octanol–water partition coefficient (Wildman–Crippen LogP) is 1.26. The van der Waals surface area contributed by atoms with E-state index in [1.54, 1.807) is 7.11 Å². The van der Waals surface area contributed by atoms with Gasteiger partial charge >= 0.3 is 0 Å². The van der Waals surface area contributed by atoms with Crippen molar-refractivity contribution in [1.29, 1.82) is 0 Å². The van der Waals surface area contributed by atoms with E-state index in [0.717, 1.165) is 25.9 Å². The molecule has 3 N–H and O–H groups in total. The second kappa shape index (κ2) is 9.42. The molecule has 0 unspecified atom stereocenters. The molecular weight excluding hydrogens is 206 g/mol. The SMILES string of the molecule is CCC(CC)N(CCOC)CCC(N)=NO. The summed E-state index contributed by atoms with van der Waals surface area (Å²) in [7, 11) is 1.70. The van der Waals surface area contributed by atoms with Crippen LogP contribution in [0.3, 0.4) is 0 Å². The summed E-state index contributed by atoms with van der Waals surface area (Å²) in [6, 6.07) is 0.543. The van der Waals surface area contributed by atoms with Crippen molar-refractivity contribution in [2.75, 3.05) is 26.8 Å². The molecule has 0 radical (unpaired) electrons. The largest absolute Gasteiger partial charge is 0.409 e. The van der Waals surface area contributed by atoms with Gasteiger partial charge in [-0.1, -0.05) is 19.0 Å². The Morgan fingerprint density at radius 3 is 2.44 bits per heavy atom. The van der Waals surface area contributed by atoms with Crippen LogP contribution < -0.4 is 5.73 Å². The van der Waals surface area contributed by atoms with E-state index in [9.17, 15) is 0 Å². The van der Waals surface area contributed by atoms with E-state index in [0.29, 0.717) is 19.1 Å². The lowest BCUT2D eigenvalue weighted by Gasteiger charge is -2.29. The lowest BCUT2D eigenvalue weighted by atomic mass is 10.1. The molecule has 0 saturated heterocycles. The average molecular weight is 231 g/mol. The van der Waals surface area contributed by atoms with E-state index < -0.39 is 0 Å². The van der Waals surface area contributed by atoms with Crippen LogP contribution in [0.2, 0.25) is 0 Å². The Kier molecular flexibility index (Phi) is 8.94. The molecule has 0 heterocycles. The molecule has 5 nitrogen and oxygen atoms in total. The lowest BCUT2D eigenvalue weighted by Crippen LogP contribution is -2.39. The van der Waals surface area contributed by atoms with Crippen LogP contribution >= 0.6 is 0 Å². The van der Waals surface area contributed by atoms with Gasteiger partial charge in [-0.2, -0.15) is 0 Å². The summed E-state index contributed by atoms with van der Waals surface area (Å²) < 4.78 is 5.09. The number of rotatable bonds is 9. The Morgan fingerprint density at radius 1 is 1.38 bits per heavy atom. The quantitative estimate of drug-likeness (QED) is 0.271. The van der Waals surface area contributed by atoms with Crippen molar-refractivity contribution in [1.82, 2.24) is 4.90 Å². The number of oxime groups is 1. The highest BCUT2D eigenvalue weighted by molar-refractivity contribution is 5.79. The molecule has 0 aromatic rings. The van der Waals surface area contributed by atoms with Crippen LogP contribution in [0, 0.1) is 0 Å². The first kappa shape index (κ1) is 15.2. The van der Waals surface area contributed by atoms with Crippen molar-refractivity contribution in [2.24, 2.45) is 10.9 Å². The van der Waals surface area contributed by atoms with Crippen molar-refractivity contribution in [3.05, 3.63) is 0 Å². The Hall–Kier alpha value is -0.810. The second-order valence-corrected chi connectivity index (χ2v) is 3.84. The minimum absolute atomic E-state index is 0.286. The zero-order chi connectivity index (χ0) is 12.4. The van der Waals surface area contributed by atoms with Crippen LogP contribution in [0.5, 0.6) is 0 Å². The first-order valence-electron chi connectivity index (χ1n) is 5.88. The van der Waals surface area contributed by atoms with Crippen molar-refractivity contribution >= 4 is 5.84 Å². The molecule has 0 spiro atoms. The van der Waals surface area contributed by atoms with Crippen LogP contribution in [0.4, 0.5) is 0 Å². The predicted molar refractivity (Wildman–Crippen MR) is 65.8 cm³/mol. The van der Waals surface area contributed by atoms with Gasteiger partial charge in [0.1, 0.15) is 5.84 Å². The second-order valence-electron chi connectivity index (χ2n) is 3.84. The standard InChI is InChI=1S/C11H25N3O2/c1-4-10(5-2)14(8-9-16-3)7-6-11(12)13-15/h10,15H,4-9H2,1-3H3,(H2,12,13). The molecular formula is C11H25N3O2. The maximum Gasteiger partial charge on any atom is 0.140 e. The first-order valence-corrected chi connectivity index (χ1v) is 5.88. The number of methoxy groups -OCH3 is 1. The average Bonchev–Trinajstić information content (AvgIpc) is 2.32. The molecule has 0 rings (SSSR count). The third-order valence-electron chi connectivity index (χ3n) is 2.83. The molecule has 0 bridgehead atoms. The summed E-state index contributed by atoms with van der Waals surface area (Å²) in [6.45, 7) is 6.77. The minimum atomic E-state index is 0.286. The van der Waals surface area contributed by atoms with Crippen LogP contribution in [0.1, 0.15) is 33.1 Å². The zero-order valence-corrected chi connectivity index (χ0v) is 10.6. The van der Waals surface area contributed by atoms with Crippen molar-refractivity contribution in [3.8, 4) is 0 Å². The molecule has 0 aromatic heterocycles. The van der Waals surface area contributed by atoms with Crippen molar-refractivity contribution < 1.29 is 9.94 Å². The summed E-state index contributed by atoms with van der Waals surface area (Å²) in [4.78, 5) is 2.33. The fraction of sp³-hybridized carbons (Fsp3) is 0.909. The number of nitrogens with two attached hydrogens (primary N) is 1. The van der Waals surface area contributed by atoms with Crippen molar-refractivity contribution in [2.45, 2.75) is 39.2 Å². The van der Waals surface area contributed by atoms with Crippen LogP contribution in [0.25, 0.3) is 0 Å². The van der Waals surface area contributed by atoms with E-state index in [1.165, 1.54) is 0 Å². The number of hydrogen-bond donors (Lipinski definition) is 2. The number of ether oxygens (including phenoxy) is 1. The van der Waals surface area contributed by atoms with E-state index in [1.807, 2.05) is 0 Å². The smallest absolute Gasteiger partial charge is 0.140 e. The monoisotopic (exact) mass is 231 g/mol. The minimum Gasteiger partial charge on any atom is -0.409 e. The maximum atomic E-state index is 8.50.